The molecular formula is C24H21N5O2. The van der Waals surface area contributed by atoms with Gasteiger partial charge < -0.3 is 20.8 Å². The molecule has 5 rings (SSSR count). The van der Waals surface area contributed by atoms with Crippen LogP contribution in [0.1, 0.15) is 22.6 Å². The maximum atomic E-state index is 12.2. The summed E-state index contributed by atoms with van der Waals surface area (Å²) in [6.45, 7) is 0.622. The van der Waals surface area contributed by atoms with Crippen molar-refractivity contribution in [1.29, 1.82) is 0 Å². The SMILES string of the molecule is Nc1ncnc2[nH]cc(C=CCNC(=O)OCC3c4ccccc4-c4ccccc43)c12. The van der Waals surface area contributed by atoms with E-state index in [9.17, 15) is 4.79 Å². The highest BCUT2D eigenvalue weighted by molar-refractivity contribution is 5.94. The molecule has 0 bridgehead atoms. The number of H-pyrrole nitrogens is 1. The number of benzene rings is 2. The van der Waals surface area contributed by atoms with Gasteiger partial charge in [-0.3, -0.25) is 0 Å². The van der Waals surface area contributed by atoms with Crippen molar-refractivity contribution in [1.82, 2.24) is 20.3 Å². The highest BCUT2D eigenvalue weighted by Crippen LogP contribution is 2.44. The molecule has 2 heterocycles. The predicted octanol–water partition coefficient (Wildman–Crippen LogP) is 4.09. The Morgan fingerprint density at radius 1 is 1.10 bits per heavy atom. The van der Waals surface area contributed by atoms with Crippen LogP contribution in [0, 0.1) is 0 Å². The Morgan fingerprint density at radius 2 is 1.81 bits per heavy atom. The van der Waals surface area contributed by atoms with Crippen LogP contribution in [0.5, 0.6) is 0 Å². The third-order valence-electron chi connectivity index (χ3n) is 5.54. The molecule has 2 aromatic carbocycles. The van der Waals surface area contributed by atoms with Gasteiger partial charge in [0.25, 0.3) is 0 Å². The second-order valence-electron chi connectivity index (χ2n) is 7.34. The van der Waals surface area contributed by atoms with Crippen LogP contribution < -0.4 is 11.1 Å². The fourth-order valence-electron chi connectivity index (χ4n) is 4.12. The second kappa shape index (κ2) is 7.95. The first-order valence-electron chi connectivity index (χ1n) is 10.1. The molecule has 7 heteroatoms. The van der Waals surface area contributed by atoms with Crippen LogP contribution in [0.15, 0.2) is 67.1 Å². The number of nitrogens with two attached hydrogens (primary N) is 1. The van der Waals surface area contributed by atoms with Gasteiger partial charge in [-0.15, -0.1) is 0 Å². The van der Waals surface area contributed by atoms with Crippen molar-refractivity contribution in [3.63, 3.8) is 0 Å². The maximum absolute atomic E-state index is 12.2. The summed E-state index contributed by atoms with van der Waals surface area (Å²) in [5.74, 6) is 0.457. The molecule has 1 aliphatic carbocycles. The monoisotopic (exact) mass is 411 g/mol. The van der Waals surface area contributed by atoms with E-state index in [0.717, 1.165) is 10.9 Å². The van der Waals surface area contributed by atoms with E-state index in [4.69, 9.17) is 10.5 Å². The number of hydrogen-bond acceptors (Lipinski definition) is 5. The van der Waals surface area contributed by atoms with Crippen molar-refractivity contribution in [2.24, 2.45) is 0 Å². The quantitative estimate of drug-likeness (QED) is 0.459. The first-order valence-corrected chi connectivity index (χ1v) is 10.1. The van der Waals surface area contributed by atoms with E-state index in [0.29, 0.717) is 24.6 Å². The zero-order chi connectivity index (χ0) is 21.2. The van der Waals surface area contributed by atoms with E-state index < -0.39 is 6.09 Å². The van der Waals surface area contributed by atoms with Gasteiger partial charge in [0.2, 0.25) is 0 Å². The molecule has 0 saturated heterocycles. The van der Waals surface area contributed by atoms with Crippen LogP contribution in [0.25, 0.3) is 28.2 Å². The molecule has 0 spiro atoms. The molecule has 0 atom stereocenters. The van der Waals surface area contributed by atoms with Crippen LogP contribution in [0.4, 0.5) is 10.6 Å². The van der Waals surface area contributed by atoms with Gasteiger partial charge in [-0.25, -0.2) is 14.8 Å². The molecule has 4 N–H and O–H groups in total. The lowest BCUT2D eigenvalue weighted by atomic mass is 9.98. The zero-order valence-corrected chi connectivity index (χ0v) is 16.7. The molecule has 0 radical (unpaired) electrons. The Morgan fingerprint density at radius 3 is 2.55 bits per heavy atom. The Kier molecular flexibility index (Phi) is 4.84. The van der Waals surface area contributed by atoms with Crippen molar-refractivity contribution in [3.05, 3.63) is 83.8 Å². The standard InChI is InChI=1S/C24H21N5O2/c25-22-21-15(12-27-23(21)29-14-28-22)6-5-11-26-24(30)31-13-20-18-9-3-1-7-16(18)17-8-2-4-10-19(17)20/h1-10,12,14,20H,11,13H2,(H,26,30)(H3,25,27,28,29). The summed E-state index contributed by atoms with van der Waals surface area (Å²) >= 11 is 0. The molecule has 31 heavy (non-hydrogen) atoms. The van der Waals surface area contributed by atoms with E-state index in [1.165, 1.54) is 28.6 Å². The van der Waals surface area contributed by atoms with Crippen molar-refractivity contribution in [2.45, 2.75) is 5.92 Å². The van der Waals surface area contributed by atoms with Gasteiger partial charge in [0, 0.05) is 24.2 Å². The van der Waals surface area contributed by atoms with Crippen LogP contribution in [0.2, 0.25) is 0 Å². The zero-order valence-electron chi connectivity index (χ0n) is 16.7. The predicted molar refractivity (Wildman–Crippen MR) is 120 cm³/mol. The summed E-state index contributed by atoms with van der Waals surface area (Å²) in [6, 6.07) is 16.5. The minimum atomic E-state index is -0.451. The number of alkyl carbamates (subject to hydrolysis) is 1. The summed E-state index contributed by atoms with van der Waals surface area (Å²) in [5, 5.41) is 3.52. The second-order valence-corrected chi connectivity index (χ2v) is 7.34. The van der Waals surface area contributed by atoms with E-state index in [1.807, 2.05) is 36.4 Å². The lowest BCUT2D eigenvalue weighted by Gasteiger charge is -2.14. The first-order chi connectivity index (χ1) is 15.2. The van der Waals surface area contributed by atoms with Gasteiger partial charge in [0.1, 0.15) is 24.4 Å². The van der Waals surface area contributed by atoms with E-state index in [2.05, 4.69) is 44.5 Å². The molecule has 154 valence electrons. The normalized spacial score (nSPS) is 12.8. The minimum Gasteiger partial charge on any atom is -0.449 e. The average molecular weight is 411 g/mol. The molecule has 0 fully saturated rings. The third kappa shape index (κ3) is 3.50. The maximum Gasteiger partial charge on any atom is 0.407 e. The topological polar surface area (TPSA) is 106 Å². The summed E-state index contributed by atoms with van der Waals surface area (Å²) in [4.78, 5) is 23.4. The molecule has 7 nitrogen and oxygen atoms in total. The van der Waals surface area contributed by atoms with Gasteiger partial charge in [-0.1, -0.05) is 60.7 Å². The number of nitrogen functional groups attached to an aromatic ring is 1. The number of aromatic nitrogens is 3. The minimum absolute atomic E-state index is 0.0443. The number of amides is 1. The Bertz CT molecular complexity index is 1250. The number of hydrogen-bond donors (Lipinski definition) is 3. The number of anilines is 1. The number of carbonyl (C=O) groups is 1. The summed E-state index contributed by atoms with van der Waals surface area (Å²) in [7, 11) is 0. The number of fused-ring (bicyclic) bond motifs is 4. The van der Waals surface area contributed by atoms with Gasteiger partial charge in [-0.05, 0) is 22.3 Å². The number of nitrogens with one attached hydrogen (secondary N) is 2. The largest absolute Gasteiger partial charge is 0.449 e. The lowest BCUT2D eigenvalue weighted by Crippen LogP contribution is -2.26. The molecule has 0 unspecified atom stereocenters. The fourth-order valence-corrected chi connectivity index (χ4v) is 4.12. The number of aromatic amines is 1. The molecule has 0 saturated carbocycles. The Labute approximate surface area is 179 Å². The fraction of sp³-hybridized carbons (Fsp3) is 0.125. The van der Waals surface area contributed by atoms with Crippen molar-refractivity contribution in [2.75, 3.05) is 18.9 Å². The number of rotatable bonds is 5. The molecule has 0 aliphatic heterocycles. The van der Waals surface area contributed by atoms with Gasteiger partial charge >= 0.3 is 6.09 Å². The van der Waals surface area contributed by atoms with Crippen LogP contribution >= 0.6 is 0 Å². The first kappa shape index (κ1) is 18.9. The number of nitrogens with zero attached hydrogens (tertiary/aromatic N) is 2. The smallest absolute Gasteiger partial charge is 0.407 e. The summed E-state index contributed by atoms with van der Waals surface area (Å²) < 4.78 is 5.54. The Balaban J connectivity index is 1.20. The van der Waals surface area contributed by atoms with E-state index in [-0.39, 0.29) is 5.92 Å². The number of carbonyl (C=O) groups excluding carboxylic acids is 1. The van der Waals surface area contributed by atoms with Crippen LogP contribution in [-0.2, 0) is 4.74 Å². The van der Waals surface area contributed by atoms with Crippen LogP contribution in [-0.4, -0.2) is 34.2 Å². The Hall–Kier alpha value is -4.13. The van der Waals surface area contributed by atoms with Crippen LogP contribution in [0.3, 0.4) is 0 Å². The van der Waals surface area contributed by atoms with Gasteiger partial charge in [0.05, 0.1) is 5.39 Å². The molecule has 1 amide bonds. The van der Waals surface area contributed by atoms with Gasteiger partial charge in [-0.2, -0.15) is 0 Å². The van der Waals surface area contributed by atoms with E-state index >= 15 is 0 Å². The summed E-state index contributed by atoms with van der Waals surface area (Å²) in [5.41, 5.74) is 12.3. The molecular weight excluding hydrogens is 390 g/mol. The lowest BCUT2D eigenvalue weighted by molar-refractivity contribution is 0.144. The number of ether oxygens (including phenoxy) is 1. The van der Waals surface area contributed by atoms with Crippen molar-refractivity contribution in [3.8, 4) is 11.1 Å². The summed E-state index contributed by atoms with van der Waals surface area (Å²) in [6.07, 6.45) is 6.46. The average Bonchev–Trinajstić information content (AvgIpc) is 3.35. The molecule has 4 aromatic rings. The van der Waals surface area contributed by atoms with Gasteiger partial charge in [0.15, 0.2) is 0 Å². The van der Waals surface area contributed by atoms with Crippen molar-refractivity contribution >= 4 is 29.0 Å². The third-order valence-corrected chi connectivity index (χ3v) is 5.54. The van der Waals surface area contributed by atoms with Crippen molar-refractivity contribution < 1.29 is 9.53 Å². The van der Waals surface area contributed by atoms with E-state index in [1.54, 1.807) is 6.20 Å². The highest BCUT2D eigenvalue weighted by Gasteiger charge is 2.28. The molecule has 1 aliphatic rings. The molecule has 2 aromatic heterocycles. The highest BCUT2D eigenvalue weighted by atomic mass is 16.5.